The number of phenolic OH excluding ortho intramolecular Hbond substituents is 1. The lowest BCUT2D eigenvalue weighted by atomic mass is 10.0. The van der Waals surface area contributed by atoms with E-state index in [0.717, 1.165) is 16.2 Å². The number of hydrogen-bond acceptors (Lipinski definition) is 4. The number of nitrogens with zero attached hydrogens (tertiary/aromatic N) is 2. The number of thiophene rings is 1. The molecule has 1 aliphatic rings. The molecule has 3 rings (SSSR count). The molecule has 4 nitrogen and oxygen atoms in total. The summed E-state index contributed by atoms with van der Waals surface area (Å²) in [5, 5.41) is 17.4. The Labute approximate surface area is 121 Å². The van der Waals surface area contributed by atoms with Crippen LogP contribution in [0.1, 0.15) is 29.8 Å². The van der Waals surface area contributed by atoms with E-state index in [1.54, 1.807) is 23.5 Å². The molecule has 1 aromatic heterocycles. The normalized spacial score (nSPS) is 18.1. The van der Waals surface area contributed by atoms with Crippen LogP contribution in [-0.4, -0.2) is 21.7 Å². The zero-order chi connectivity index (χ0) is 14.1. The number of amides is 1. The minimum Gasteiger partial charge on any atom is -0.508 e. The largest absolute Gasteiger partial charge is 0.508 e. The van der Waals surface area contributed by atoms with Gasteiger partial charge in [-0.1, -0.05) is 18.2 Å². The zero-order valence-corrected chi connectivity index (χ0v) is 11.8. The van der Waals surface area contributed by atoms with Gasteiger partial charge in [0.05, 0.1) is 16.6 Å². The monoisotopic (exact) mass is 286 g/mol. The predicted molar refractivity (Wildman–Crippen MR) is 78.8 cm³/mol. The van der Waals surface area contributed by atoms with Gasteiger partial charge in [0.1, 0.15) is 5.75 Å². The predicted octanol–water partition coefficient (Wildman–Crippen LogP) is 3.15. The van der Waals surface area contributed by atoms with Crippen molar-refractivity contribution in [3.8, 4) is 5.75 Å². The fourth-order valence-electron chi connectivity index (χ4n) is 2.35. The number of aromatic hydroxyl groups is 1. The van der Waals surface area contributed by atoms with Crippen molar-refractivity contribution in [3.05, 3.63) is 52.2 Å². The van der Waals surface area contributed by atoms with E-state index in [4.69, 9.17) is 0 Å². The van der Waals surface area contributed by atoms with Gasteiger partial charge in [0.2, 0.25) is 5.91 Å². The first kappa shape index (κ1) is 12.9. The molecule has 0 unspecified atom stereocenters. The van der Waals surface area contributed by atoms with E-state index in [-0.39, 0.29) is 17.7 Å². The van der Waals surface area contributed by atoms with Gasteiger partial charge in [-0.25, -0.2) is 5.01 Å². The Bertz CT molecular complexity index is 647. The van der Waals surface area contributed by atoms with Crippen LogP contribution in [0.5, 0.6) is 5.75 Å². The highest BCUT2D eigenvalue weighted by Gasteiger charge is 2.31. The van der Waals surface area contributed by atoms with Crippen molar-refractivity contribution in [2.75, 3.05) is 0 Å². The maximum atomic E-state index is 11.8. The van der Waals surface area contributed by atoms with Crippen LogP contribution in [0.4, 0.5) is 0 Å². The van der Waals surface area contributed by atoms with Crippen molar-refractivity contribution in [2.24, 2.45) is 5.10 Å². The van der Waals surface area contributed by atoms with Crippen molar-refractivity contribution < 1.29 is 9.90 Å². The molecular weight excluding hydrogens is 272 g/mol. The topological polar surface area (TPSA) is 52.9 Å². The summed E-state index contributed by atoms with van der Waals surface area (Å²) in [5.74, 6) is 0.148. The highest BCUT2D eigenvalue weighted by atomic mass is 32.1. The van der Waals surface area contributed by atoms with Gasteiger partial charge in [-0.15, -0.1) is 11.3 Å². The number of rotatable bonds is 2. The lowest BCUT2D eigenvalue weighted by Gasteiger charge is -2.20. The summed E-state index contributed by atoms with van der Waals surface area (Å²) in [6, 6.07) is 10.8. The van der Waals surface area contributed by atoms with E-state index < -0.39 is 0 Å². The summed E-state index contributed by atoms with van der Waals surface area (Å²) in [4.78, 5) is 12.9. The molecule has 5 heteroatoms. The summed E-state index contributed by atoms with van der Waals surface area (Å²) < 4.78 is 0. The van der Waals surface area contributed by atoms with Crippen molar-refractivity contribution in [1.82, 2.24) is 5.01 Å². The van der Waals surface area contributed by atoms with E-state index in [1.807, 2.05) is 29.6 Å². The Morgan fingerprint density at radius 2 is 2.10 bits per heavy atom. The summed E-state index contributed by atoms with van der Waals surface area (Å²) in [7, 11) is 0. The summed E-state index contributed by atoms with van der Waals surface area (Å²) in [5.41, 5.74) is 1.92. The molecule has 0 bridgehead atoms. The number of carbonyl (C=O) groups is 1. The average Bonchev–Trinajstić information content (AvgIpc) is 3.08. The molecule has 1 aliphatic heterocycles. The van der Waals surface area contributed by atoms with Crippen LogP contribution in [0.25, 0.3) is 0 Å². The van der Waals surface area contributed by atoms with Gasteiger partial charge in [-0.2, -0.15) is 5.10 Å². The number of hydrogen-bond donors (Lipinski definition) is 1. The second-order valence-electron chi connectivity index (χ2n) is 4.70. The smallest absolute Gasteiger partial charge is 0.240 e. The van der Waals surface area contributed by atoms with Gasteiger partial charge in [-0.3, -0.25) is 4.79 Å². The van der Waals surface area contributed by atoms with Crippen LogP contribution in [0.2, 0.25) is 0 Å². The van der Waals surface area contributed by atoms with Gasteiger partial charge in [0.25, 0.3) is 0 Å². The van der Waals surface area contributed by atoms with Gasteiger partial charge < -0.3 is 5.11 Å². The third-order valence-corrected chi connectivity index (χ3v) is 4.24. The minimum absolute atomic E-state index is 0.0744. The quantitative estimate of drug-likeness (QED) is 0.922. The molecule has 20 heavy (non-hydrogen) atoms. The number of benzene rings is 1. The molecule has 2 aromatic rings. The third-order valence-electron chi connectivity index (χ3n) is 3.32. The Balaban J connectivity index is 1.93. The first-order valence-electron chi connectivity index (χ1n) is 6.35. The first-order chi connectivity index (χ1) is 9.65. The molecule has 0 saturated heterocycles. The van der Waals surface area contributed by atoms with Crippen LogP contribution >= 0.6 is 11.3 Å². The number of phenols is 1. The van der Waals surface area contributed by atoms with E-state index in [9.17, 15) is 9.90 Å². The minimum atomic E-state index is -0.0924. The Hall–Kier alpha value is -2.14. The third kappa shape index (κ3) is 2.32. The van der Waals surface area contributed by atoms with Crippen molar-refractivity contribution in [1.29, 1.82) is 0 Å². The summed E-state index contributed by atoms with van der Waals surface area (Å²) in [6.07, 6.45) is 0.699. The van der Waals surface area contributed by atoms with Gasteiger partial charge in [0, 0.05) is 13.3 Å². The van der Waals surface area contributed by atoms with Crippen LogP contribution in [0.3, 0.4) is 0 Å². The van der Waals surface area contributed by atoms with Crippen LogP contribution < -0.4 is 0 Å². The molecule has 1 N–H and O–H groups in total. The first-order valence-corrected chi connectivity index (χ1v) is 7.23. The molecule has 0 spiro atoms. The highest BCUT2D eigenvalue weighted by Crippen LogP contribution is 2.34. The highest BCUT2D eigenvalue weighted by molar-refractivity contribution is 7.12. The molecule has 1 amide bonds. The van der Waals surface area contributed by atoms with Gasteiger partial charge >= 0.3 is 0 Å². The van der Waals surface area contributed by atoms with Crippen molar-refractivity contribution in [3.63, 3.8) is 0 Å². The molecule has 1 aromatic carbocycles. The fraction of sp³-hybridized carbons (Fsp3) is 0.200. The number of hydrazone groups is 1. The maximum absolute atomic E-state index is 11.8. The Kier molecular flexibility index (Phi) is 3.28. The van der Waals surface area contributed by atoms with Crippen LogP contribution in [0, 0.1) is 0 Å². The van der Waals surface area contributed by atoms with Crippen molar-refractivity contribution in [2.45, 2.75) is 19.4 Å². The standard InChI is InChI=1S/C15H14N2O2S/c1-10(18)17-14(11-4-6-12(19)7-5-11)9-13(16-17)15-3-2-8-20-15/h2-8,14,19H,9H2,1H3/t14-/m0/s1. The molecule has 0 aliphatic carbocycles. The lowest BCUT2D eigenvalue weighted by Crippen LogP contribution is -2.24. The molecule has 0 saturated carbocycles. The Morgan fingerprint density at radius 3 is 2.70 bits per heavy atom. The maximum Gasteiger partial charge on any atom is 0.240 e. The van der Waals surface area contributed by atoms with Crippen LogP contribution in [0.15, 0.2) is 46.9 Å². The van der Waals surface area contributed by atoms with E-state index in [0.29, 0.717) is 6.42 Å². The zero-order valence-electron chi connectivity index (χ0n) is 11.0. The molecule has 0 fully saturated rings. The van der Waals surface area contributed by atoms with Gasteiger partial charge in [-0.05, 0) is 29.1 Å². The second kappa shape index (κ2) is 5.09. The molecule has 102 valence electrons. The molecule has 2 heterocycles. The lowest BCUT2D eigenvalue weighted by molar-refractivity contribution is -0.130. The molecule has 1 atom stereocenters. The Morgan fingerprint density at radius 1 is 1.35 bits per heavy atom. The van der Waals surface area contributed by atoms with E-state index >= 15 is 0 Å². The van der Waals surface area contributed by atoms with Gasteiger partial charge in [0.15, 0.2) is 0 Å². The van der Waals surface area contributed by atoms with Crippen molar-refractivity contribution >= 4 is 23.0 Å². The second-order valence-corrected chi connectivity index (χ2v) is 5.65. The van der Waals surface area contributed by atoms with Crippen LogP contribution in [-0.2, 0) is 4.79 Å². The molecular formula is C15H14N2O2S. The summed E-state index contributed by atoms with van der Waals surface area (Å²) >= 11 is 1.62. The summed E-state index contributed by atoms with van der Waals surface area (Å²) in [6.45, 7) is 1.52. The molecule has 0 radical (unpaired) electrons. The fourth-order valence-corrected chi connectivity index (χ4v) is 3.07. The SMILES string of the molecule is CC(=O)N1N=C(c2cccs2)C[C@H]1c1ccc(O)cc1. The van der Waals surface area contributed by atoms with E-state index in [1.165, 1.54) is 11.9 Å². The number of carbonyl (C=O) groups excluding carboxylic acids is 1. The average molecular weight is 286 g/mol. The van der Waals surface area contributed by atoms with E-state index in [2.05, 4.69) is 5.10 Å².